The van der Waals surface area contributed by atoms with Gasteiger partial charge in [0.25, 0.3) is 0 Å². The Bertz CT molecular complexity index is 513. The molecule has 19 heavy (non-hydrogen) atoms. The van der Waals surface area contributed by atoms with Gasteiger partial charge in [0.15, 0.2) is 0 Å². The lowest BCUT2D eigenvalue weighted by Gasteiger charge is -2.08. The fraction of sp³-hybridized carbons (Fsp3) is 0.333. The van der Waals surface area contributed by atoms with Crippen LogP contribution in [0.15, 0.2) is 30.3 Å². The van der Waals surface area contributed by atoms with Gasteiger partial charge in [0.2, 0.25) is 0 Å². The van der Waals surface area contributed by atoms with Crippen molar-refractivity contribution in [1.82, 2.24) is 9.97 Å². The molecule has 0 unspecified atom stereocenters. The summed E-state index contributed by atoms with van der Waals surface area (Å²) in [5.41, 5.74) is 1.99. The van der Waals surface area contributed by atoms with E-state index >= 15 is 0 Å². The molecule has 4 heteroatoms. The molecular weight excluding hydrogens is 258 g/mol. The average molecular weight is 276 g/mol. The Morgan fingerprint density at radius 1 is 1.11 bits per heavy atom. The molecule has 0 spiro atoms. The third-order valence-corrected chi connectivity index (χ3v) is 3.00. The van der Waals surface area contributed by atoms with E-state index in [1.54, 1.807) is 0 Å². The normalized spacial score (nSPS) is 10.5. The van der Waals surface area contributed by atoms with Crippen LogP contribution in [0.25, 0.3) is 11.3 Å². The molecule has 3 nitrogen and oxygen atoms in total. The van der Waals surface area contributed by atoms with Crippen LogP contribution >= 0.6 is 11.6 Å². The van der Waals surface area contributed by atoms with Gasteiger partial charge < -0.3 is 5.32 Å². The van der Waals surface area contributed by atoms with Gasteiger partial charge in [-0.05, 0) is 25.5 Å². The van der Waals surface area contributed by atoms with Crippen molar-refractivity contribution in [2.45, 2.75) is 26.7 Å². The monoisotopic (exact) mass is 275 g/mol. The summed E-state index contributed by atoms with van der Waals surface area (Å²) in [7, 11) is 0. The van der Waals surface area contributed by atoms with Crippen LogP contribution in [-0.2, 0) is 6.42 Å². The predicted octanol–water partition coefficient (Wildman–Crippen LogP) is 4.18. The summed E-state index contributed by atoms with van der Waals surface area (Å²) in [6.07, 6.45) is 1.93. The molecule has 1 aromatic carbocycles. The molecule has 0 aliphatic heterocycles. The van der Waals surface area contributed by atoms with E-state index in [0.29, 0.717) is 0 Å². The van der Waals surface area contributed by atoms with Gasteiger partial charge in [-0.3, -0.25) is 0 Å². The lowest BCUT2D eigenvalue weighted by Crippen LogP contribution is -2.04. The molecular formula is C15H18ClN3. The van der Waals surface area contributed by atoms with Crippen molar-refractivity contribution < 1.29 is 0 Å². The second kappa shape index (κ2) is 6.53. The SMILES string of the molecule is CCCc1nc(NCC)cc(-c2ccc(Cl)cc2)n1. The number of rotatable bonds is 5. The molecule has 0 aliphatic carbocycles. The molecule has 0 radical (unpaired) electrons. The van der Waals surface area contributed by atoms with Gasteiger partial charge in [0, 0.05) is 29.6 Å². The Morgan fingerprint density at radius 3 is 2.47 bits per heavy atom. The number of halogens is 1. The van der Waals surface area contributed by atoms with Crippen molar-refractivity contribution >= 4 is 17.4 Å². The highest BCUT2D eigenvalue weighted by Crippen LogP contribution is 2.22. The molecule has 0 saturated carbocycles. The van der Waals surface area contributed by atoms with Gasteiger partial charge in [-0.15, -0.1) is 0 Å². The van der Waals surface area contributed by atoms with Gasteiger partial charge in [0.1, 0.15) is 11.6 Å². The zero-order valence-corrected chi connectivity index (χ0v) is 12.0. The summed E-state index contributed by atoms with van der Waals surface area (Å²) in [6.45, 7) is 5.04. The maximum Gasteiger partial charge on any atom is 0.131 e. The van der Waals surface area contributed by atoms with Crippen molar-refractivity contribution in [3.63, 3.8) is 0 Å². The largest absolute Gasteiger partial charge is 0.370 e. The van der Waals surface area contributed by atoms with Gasteiger partial charge in [0.05, 0.1) is 5.69 Å². The first-order valence-electron chi connectivity index (χ1n) is 6.60. The molecule has 0 bridgehead atoms. The van der Waals surface area contributed by atoms with E-state index in [-0.39, 0.29) is 0 Å². The van der Waals surface area contributed by atoms with Crippen LogP contribution < -0.4 is 5.32 Å². The van der Waals surface area contributed by atoms with Crippen LogP contribution in [-0.4, -0.2) is 16.5 Å². The molecule has 0 atom stereocenters. The molecule has 1 N–H and O–H groups in total. The van der Waals surface area contributed by atoms with Crippen molar-refractivity contribution in [2.75, 3.05) is 11.9 Å². The lowest BCUT2D eigenvalue weighted by molar-refractivity contribution is 0.836. The van der Waals surface area contributed by atoms with Crippen LogP contribution in [0.3, 0.4) is 0 Å². The van der Waals surface area contributed by atoms with Crippen LogP contribution in [0.5, 0.6) is 0 Å². The summed E-state index contributed by atoms with van der Waals surface area (Å²) in [5, 5.41) is 3.99. The Labute approximate surface area is 119 Å². The topological polar surface area (TPSA) is 37.8 Å². The number of hydrogen-bond acceptors (Lipinski definition) is 3. The number of benzene rings is 1. The van der Waals surface area contributed by atoms with E-state index in [1.807, 2.05) is 30.3 Å². The maximum absolute atomic E-state index is 5.92. The molecule has 0 fully saturated rings. The third-order valence-electron chi connectivity index (χ3n) is 2.74. The van der Waals surface area contributed by atoms with Gasteiger partial charge in [-0.2, -0.15) is 0 Å². The number of nitrogens with zero attached hydrogens (tertiary/aromatic N) is 2. The van der Waals surface area contributed by atoms with Gasteiger partial charge in [-0.1, -0.05) is 30.7 Å². The summed E-state index contributed by atoms with van der Waals surface area (Å²) >= 11 is 5.92. The molecule has 1 aromatic heterocycles. The minimum atomic E-state index is 0.735. The Morgan fingerprint density at radius 2 is 1.84 bits per heavy atom. The summed E-state index contributed by atoms with van der Waals surface area (Å²) < 4.78 is 0. The molecule has 100 valence electrons. The quantitative estimate of drug-likeness (QED) is 0.889. The van der Waals surface area contributed by atoms with E-state index in [1.165, 1.54) is 0 Å². The number of nitrogens with one attached hydrogen (secondary N) is 1. The van der Waals surface area contributed by atoms with Crippen molar-refractivity contribution in [1.29, 1.82) is 0 Å². The summed E-state index contributed by atoms with van der Waals surface area (Å²) in [6, 6.07) is 9.70. The van der Waals surface area contributed by atoms with Crippen molar-refractivity contribution in [3.05, 3.63) is 41.2 Å². The molecule has 0 amide bonds. The smallest absolute Gasteiger partial charge is 0.131 e. The van der Waals surface area contributed by atoms with Crippen LogP contribution in [0.1, 0.15) is 26.1 Å². The van der Waals surface area contributed by atoms with E-state index < -0.39 is 0 Å². The van der Waals surface area contributed by atoms with Crippen LogP contribution in [0, 0.1) is 0 Å². The van der Waals surface area contributed by atoms with Crippen LogP contribution in [0.4, 0.5) is 5.82 Å². The highest BCUT2D eigenvalue weighted by molar-refractivity contribution is 6.30. The first-order valence-corrected chi connectivity index (χ1v) is 6.98. The highest BCUT2D eigenvalue weighted by Gasteiger charge is 2.06. The van der Waals surface area contributed by atoms with Crippen LogP contribution in [0.2, 0.25) is 5.02 Å². The van der Waals surface area contributed by atoms with E-state index in [9.17, 15) is 0 Å². The molecule has 1 heterocycles. The third kappa shape index (κ3) is 3.67. The maximum atomic E-state index is 5.92. The number of anilines is 1. The molecule has 0 aliphatic rings. The number of hydrogen-bond donors (Lipinski definition) is 1. The second-order valence-electron chi connectivity index (χ2n) is 4.34. The fourth-order valence-corrected chi connectivity index (χ4v) is 2.00. The Balaban J connectivity index is 2.40. The molecule has 0 saturated heterocycles. The minimum Gasteiger partial charge on any atom is -0.370 e. The van der Waals surface area contributed by atoms with Gasteiger partial charge >= 0.3 is 0 Å². The first kappa shape index (κ1) is 13.8. The fourth-order valence-electron chi connectivity index (χ4n) is 1.87. The summed E-state index contributed by atoms with van der Waals surface area (Å²) in [5.74, 6) is 1.76. The van der Waals surface area contributed by atoms with E-state index in [0.717, 1.165) is 47.3 Å². The van der Waals surface area contributed by atoms with Gasteiger partial charge in [-0.25, -0.2) is 9.97 Å². The minimum absolute atomic E-state index is 0.735. The average Bonchev–Trinajstić information content (AvgIpc) is 2.40. The lowest BCUT2D eigenvalue weighted by atomic mass is 10.1. The van der Waals surface area contributed by atoms with Crippen molar-refractivity contribution in [2.24, 2.45) is 0 Å². The van der Waals surface area contributed by atoms with Crippen molar-refractivity contribution in [3.8, 4) is 11.3 Å². The van der Waals surface area contributed by atoms with E-state index in [4.69, 9.17) is 11.6 Å². The molecule has 2 rings (SSSR count). The molecule has 2 aromatic rings. The zero-order chi connectivity index (χ0) is 13.7. The second-order valence-corrected chi connectivity index (χ2v) is 4.78. The number of aromatic nitrogens is 2. The Kier molecular flexibility index (Phi) is 4.74. The summed E-state index contributed by atoms with van der Waals surface area (Å²) in [4.78, 5) is 9.12. The standard InChI is InChI=1S/C15H18ClN3/c1-3-5-14-18-13(10-15(19-14)17-4-2)11-6-8-12(16)9-7-11/h6-10H,3-5H2,1-2H3,(H,17,18,19). The Hall–Kier alpha value is -1.61. The first-order chi connectivity index (χ1) is 9.22. The predicted molar refractivity (Wildman–Crippen MR) is 80.6 cm³/mol. The number of aryl methyl sites for hydroxylation is 1. The highest BCUT2D eigenvalue weighted by atomic mass is 35.5. The zero-order valence-electron chi connectivity index (χ0n) is 11.3. The van der Waals surface area contributed by atoms with E-state index in [2.05, 4.69) is 29.1 Å².